The van der Waals surface area contributed by atoms with Crippen LogP contribution in [0.2, 0.25) is 0 Å². The predicted molar refractivity (Wildman–Crippen MR) is 202 cm³/mol. The zero-order valence-corrected chi connectivity index (χ0v) is 26.7. The average Bonchev–Trinajstić information content (AvgIpc) is 3.77. The monoisotopic (exact) mass is 641 g/mol. The van der Waals surface area contributed by atoms with Gasteiger partial charge in [0, 0.05) is 49.4 Å². The van der Waals surface area contributed by atoms with Crippen LogP contribution in [0.1, 0.15) is 0 Å². The minimum absolute atomic E-state index is 0.612. The molecule has 5 heteroatoms. The summed E-state index contributed by atoms with van der Waals surface area (Å²) in [5.74, 6) is 1.88. The Morgan fingerprint density at radius 3 is 1.42 bits per heavy atom. The Morgan fingerprint density at radius 2 is 0.760 bits per heavy atom. The second-order valence-corrected chi connectivity index (χ2v) is 12.4. The molecule has 0 unspecified atom stereocenters. The molecule has 0 radical (unpaired) electrons. The highest BCUT2D eigenvalue weighted by Gasteiger charge is 2.17. The highest BCUT2D eigenvalue weighted by Crippen LogP contribution is 2.41. The number of fused-ring (bicyclic) bond motifs is 6. The third kappa shape index (κ3) is 4.67. The Morgan fingerprint density at radius 1 is 0.300 bits per heavy atom. The molecule has 0 saturated carbocycles. The number of nitrogens with zero attached hydrogens (tertiary/aromatic N) is 3. The van der Waals surface area contributed by atoms with Gasteiger partial charge in [0.2, 0.25) is 0 Å². The van der Waals surface area contributed by atoms with Crippen LogP contribution >= 0.6 is 0 Å². The maximum atomic E-state index is 6.60. The van der Waals surface area contributed by atoms with Crippen LogP contribution < -0.4 is 0 Å². The van der Waals surface area contributed by atoms with E-state index in [9.17, 15) is 0 Å². The maximum Gasteiger partial charge on any atom is 0.164 e. The van der Waals surface area contributed by atoms with Gasteiger partial charge in [-0.1, -0.05) is 140 Å². The third-order valence-corrected chi connectivity index (χ3v) is 9.34. The second-order valence-electron chi connectivity index (χ2n) is 12.4. The predicted octanol–water partition coefficient (Wildman–Crippen LogP) is 12.0. The van der Waals surface area contributed by atoms with Crippen molar-refractivity contribution in [1.82, 2.24) is 15.0 Å². The van der Waals surface area contributed by atoms with Gasteiger partial charge in [-0.3, -0.25) is 0 Å². The summed E-state index contributed by atoms with van der Waals surface area (Å²) in [4.78, 5) is 14.8. The van der Waals surface area contributed by atoms with Crippen LogP contribution in [-0.2, 0) is 0 Å². The summed E-state index contributed by atoms with van der Waals surface area (Å²) in [6, 6.07) is 55.7. The van der Waals surface area contributed by atoms with Gasteiger partial charge in [-0.05, 0) is 35.4 Å². The largest absolute Gasteiger partial charge is 0.455 e. The molecule has 0 fully saturated rings. The van der Waals surface area contributed by atoms with Gasteiger partial charge < -0.3 is 8.83 Å². The molecule has 3 heterocycles. The minimum atomic E-state index is 0.612. The standard InChI is InChI=1S/C45H27N3O2/c1-3-12-28(13-4-1)43-46-44(29-14-5-2-6-15-29)48-45(47-43)32-17-9-16-30(26-32)33-19-11-22-37-38-27-31(24-25-40(38)50-42(33)37)34-20-10-21-36-35-18-7-8-23-39(35)49-41(34)36/h1-27H. The van der Waals surface area contributed by atoms with E-state index in [1.165, 1.54) is 0 Å². The van der Waals surface area contributed by atoms with Crippen LogP contribution in [0.5, 0.6) is 0 Å². The molecule has 7 aromatic carbocycles. The quantitative estimate of drug-likeness (QED) is 0.187. The molecule has 0 bridgehead atoms. The molecule has 0 spiro atoms. The normalized spacial score (nSPS) is 11.6. The molecule has 0 N–H and O–H groups in total. The van der Waals surface area contributed by atoms with Crippen molar-refractivity contribution < 1.29 is 8.83 Å². The Hall–Kier alpha value is -6.85. The fraction of sp³-hybridized carbons (Fsp3) is 0. The van der Waals surface area contributed by atoms with Crippen LogP contribution in [0.15, 0.2) is 173 Å². The SMILES string of the molecule is c1ccc(-c2nc(-c3ccccc3)nc(-c3cccc(-c4cccc5c4oc4ccc(-c6cccc7c6oc6ccccc67)cc45)c3)n2)cc1. The smallest absolute Gasteiger partial charge is 0.164 e. The van der Waals surface area contributed by atoms with E-state index in [0.29, 0.717) is 17.5 Å². The minimum Gasteiger partial charge on any atom is -0.455 e. The Labute approximate surface area is 287 Å². The van der Waals surface area contributed by atoms with Crippen molar-refractivity contribution in [1.29, 1.82) is 0 Å². The first kappa shape index (κ1) is 28.2. The summed E-state index contributed by atoms with van der Waals surface area (Å²) in [7, 11) is 0. The summed E-state index contributed by atoms with van der Waals surface area (Å²) in [5, 5.41) is 4.35. The number of para-hydroxylation sites is 3. The molecule has 10 aromatic rings. The molecule has 10 rings (SSSR count). The molecule has 234 valence electrons. The molecule has 0 aliphatic rings. The molecule has 0 aliphatic heterocycles. The Balaban J connectivity index is 1.09. The summed E-state index contributed by atoms with van der Waals surface area (Å²) >= 11 is 0. The lowest BCUT2D eigenvalue weighted by molar-refractivity contribution is 0.669. The van der Waals surface area contributed by atoms with Gasteiger partial charge >= 0.3 is 0 Å². The number of aromatic nitrogens is 3. The van der Waals surface area contributed by atoms with Crippen LogP contribution in [0.25, 0.3) is 100 Å². The Bertz CT molecular complexity index is 2810. The van der Waals surface area contributed by atoms with E-state index in [4.69, 9.17) is 23.8 Å². The first-order valence-electron chi connectivity index (χ1n) is 16.6. The average molecular weight is 642 g/mol. The van der Waals surface area contributed by atoms with E-state index in [1.54, 1.807) is 0 Å². The van der Waals surface area contributed by atoms with E-state index in [-0.39, 0.29) is 0 Å². The maximum absolute atomic E-state index is 6.60. The molecule has 0 amide bonds. The van der Waals surface area contributed by atoms with E-state index < -0.39 is 0 Å². The van der Waals surface area contributed by atoms with E-state index in [1.807, 2.05) is 84.9 Å². The highest BCUT2D eigenvalue weighted by molar-refractivity contribution is 6.13. The number of rotatable bonds is 5. The first-order valence-corrected chi connectivity index (χ1v) is 16.6. The van der Waals surface area contributed by atoms with Crippen LogP contribution in [0.4, 0.5) is 0 Å². The zero-order valence-electron chi connectivity index (χ0n) is 26.7. The van der Waals surface area contributed by atoms with Gasteiger partial charge in [-0.2, -0.15) is 0 Å². The van der Waals surface area contributed by atoms with Gasteiger partial charge in [-0.25, -0.2) is 15.0 Å². The fourth-order valence-electron chi connectivity index (χ4n) is 6.93. The third-order valence-electron chi connectivity index (χ3n) is 9.34. The molecule has 0 saturated heterocycles. The van der Waals surface area contributed by atoms with E-state index in [0.717, 1.165) is 82.8 Å². The van der Waals surface area contributed by atoms with Crippen LogP contribution in [-0.4, -0.2) is 15.0 Å². The van der Waals surface area contributed by atoms with E-state index >= 15 is 0 Å². The lowest BCUT2D eigenvalue weighted by Crippen LogP contribution is -2.00. The lowest BCUT2D eigenvalue weighted by Gasteiger charge is -2.10. The second kappa shape index (κ2) is 11.4. The van der Waals surface area contributed by atoms with Crippen molar-refractivity contribution in [3.8, 4) is 56.4 Å². The lowest BCUT2D eigenvalue weighted by atomic mass is 9.98. The molecule has 5 nitrogen and oxygen atoms in total. The summed E-state index contributed by atoms with van der Waals surface area (Å²) in [6.45, 7) is 0. The molecular formula is C45H27N3O2. The molecule has 3 aromatic heterocycles. The first-order chi connectivity index (χ1) is 24.8. The van der Waals surface area contributed by atoms with Crippen molar-refractivity contribution in [3.63, 3.8) is 0 Å². The number of benzene rings is 7. The van der Waals surface area contributed by atoms with Gasteiger partial charge in [0.05, 0.1) is 0 Å². The van der Waals surface area contributed by atoms with Crippen molar-refractivity contribution in [2.75, 3.05) is 0 Å². The number of hydrogen-bond acceptors (Lipinski definition) is 5. The molecule has 50 heavy (non-hydrogen) atoms. The van der Waals surface area contributed by atoms with Crippen molar-refractivity contribution >= 4 is 43.9 Å². The van der Waals surface area contributed by atoms with Gasteiger partial charge in [-0.15, -0.1) is 0 Å². The van der Waals surface area contributed by atoms with Crippen LogP contribution in [0, 0.1) is 0 Å². The topological polar surface area (TPSA) is 65.0 Å². The number of hydrogen-bond donors (Lipinski definition) is 0. The van der Waals surface area contributed by atoms with Crippen molar-refractivity contribution in [3.05, 3.63) is 164 Å². The summed E-state index contributed by atoms with van der Waals surface area (Å²) in [5.41, 5.74) is 10.4. The van der Waals surface area contributed by atoms with Crippen molar-refractivity contribution in [2.45, 2.75) is 0 Å². The number of furan rings is 2. The van der Waals surface area contributed by atoms with Gasteiger partial charge in [0.15, 0.2) is 17.5 Å². The summed E-state index contributed by atoms with van der Waals surface area (Å²) < 4.78 is 13.0. The molecule has 0 aliphatic carbocycles. The summed E-state index contributed by atoms with van der Waals surface area (Å²) in [6.07, 6.45) is 0. The fourth-order valence-corrected chi connectivity index (χ4v) is 6.93. The Kier molecular flexibility index (Phi) is 6.42. The molecular weight excluding hydrogens is 615 g/mol. The zero-order chi connectivity index (χ0) is 33.0. The highest BCUT2D eigenvalue weighted by atomic mass is 16.3. The molecule has 0 atom stereocenters. The van der Waals surface area contributed by atoms with Gasteiger partial charge in [0.1, 0.15) is 22.3 Å². The van der Waals surface area contributed by atoms with Crippen molar-refractivity contribution in [2.24, 2.45) is 0 Å². The van der Waals surface area contributed by atoms with Gasteiger partial charge in [0.25, 0.3) is 0 Å². The van der Waals surface area contributed by atoms with E-state index in [2.05, 4.69) is 78.9 Å². The van der Waals surface area contributed by atoms with Crippen LogP contribution in [0.3, 0.4) is 0 Å².